The van der Waals surface area contributed by atoms with Crippen molar-refractivity contribution in [1.82, 2.24) is 10.2 Å². The van der Waals surface area contributed by atoms with Crippen LogP contribution in [0.15, 0.2) is 89.8 Å². The number of esters is 1. The van der Waals surface area contributed by atoms with Crippen LogP contribution in [-0.2, 0) is 48.5 Å². The maximum absolute atomic E-state index is 13.5. The van der Waals surface area contributed by atoms with Gasteiger partial charge in [-0.25, -0.2) is 18.0 Å². The second-order valence-electron chi connectivity index (χ2n) is 9.16. The lowest BCUT2D eigenvalue weighted by Gasteiger charge is -2.35. The number of ether oxygens (including phenoxy) is 2. The van der Waals surface area contributed by atoms with Crippen molar-refractivity contribution in [2.75, 3.05) is 12.9 Å². The highest BCUT2D eigenvalue weighted by Gasteiger charge is 2.37. The van der Waals surface area contributed by atoms with E-state index in [1.165, 1.54) is 17.0 Å². The van der Waals surface area contributed by atoms with Gasteiger partial charge in [-0.2, -0.15) is 0 Å². The zero-order valence-electron chi connectivity index (χ0n) is 21.5. The molecule has 0 fully saturated rings. The Labute approximate surface area is 227 Å². The molecule has 0 unspecified atom stereocenters. The molecule has 10 heteroatoms. The van der Waals surface area contributed by atoms with Crippen molar-refractivity contribution < 1.29 is 32.3 Å². The predicted molar refractivity (Wildman–Crippen MR) is 143 cm³/mol. The maximum Gasteiger partial charge on any atom is 0.411 e. The number of hydrogen-bond donors (Lipinski definition) is 1. The monoisotopic (exact) mass is 550 g/mol. The third-order valence-electron chi connectivity index (χ3n) is 6.57. The van der Waals surface area contributed by atoms with Crippen molar-refractivity contribution >= 4 is 27.8 Å². The van der Waals surface area contributed by atoms with Crippen LogP contribution in [0.4, 0.5) is 4.79 Å². The molecular formula is C29H30N2O7S. The molecule has 2 atom stereocenters. The standard InChI is InChI=1S/C29H30N2O7S/c1-37-28(33)25(16-17-39(35,36)24-14-6-3-7-15-24)30-27(32)26-18-22-12-8-9-13-23(22)19-31(26)29(34)38-20-21-10-4-2-5-11-21/h2-15,25-26H,16-20H2,1H3,(H,30,32)/t25-,26-/m0/s1. The Hall–Kier alpha value is -4.18. The molecule has 3 aromatic rings. The van der Waals surface area contributed by atoms with Gasteiger partial charge < -0.3 is 14.8 Å². The lowest BCUT2D eigenvalue weighted by atomic mass is 9.93. The fourth-order valence-corrected chi connectivity index (χ4v) is 5.78. The van der Waals surface area contributed by atoms with E-state index in [1.807, 2.05) is 54.6 Å². The summed E-state index contributed by atoms with van der Waals surface area (Å²) in [6.07, 6.45) is -0.662. The molecule has 0 spiro atoms. The van der Waals surface area contributed by atoms with Crippen LogP contribution in [0.25, 0.3) is 0 Å². The number of carbonyl (C=O) groups excluding carboxylic acids is 3. The number of carbonyl (C=O) groups is 3. The molecule has 1 heterocycles. The Morgan fingerprint density at radius 1 is 0.923 bits per heavy atom. The van der Waals surface area contributed by atoms with Crippen LogP contribution in [0, 0.1) is 0 Å². The number of benzene rings is 3. The third kappa shape index (κ3) is 7.02. The molecule has 1 aliphatic heterocycles. The number of nitrogens with zero attached hydrogens (tertiary/aromatic N) is 1. The molecule has 0 aromatic heterocycles. The number of rotatable bonds is 9. The maximum atomic E-state index is 13.5. The summed E-state index contributed by atoms with van der Waals surface area (Å²) >= 11 is 0. The first-order valence-electron chi connectivity index (χ1n) is 12.5. The first-order chi connectivity index (χ1) is 18.8. The SMILES string of the molecule is COC(=O)[C@H](CCS(=O)(=O)c1ccccc1)NC(=O)[C@@H]1Cc2ccccc2CN1C(=O)OCc1ccccc1. The average Bonchev–Trinajstić information content (AvgIpc) is 2.97. The molecule has 3 aromatic carbocycles. The summed E-state index contributed by atoms with van der Waals surface area (Å²) in [5.41, 5.74) is 2.58. The zero-order valence-corrected chi connectivity index (χ0v) is 22.3. The van der Waals surface area contributed by atoms with E-state index in [1.54, 1.807) is 18.2 Å². The van der Waals surface area contributed by atoms with Crippen molar-refractivity contribution in [2.24, 2.45) is 0 Å². The Morgan fingerprint density at radius 2 is 1.54 bits per heavy atom. The van der Waals surface area contributed by atoms with Gasteiger partial charge in [-0.1, -0.05) is 72.8 Å². The van der Waals surface area contributed by atoms with Gasteiger partial charge in [-0.05, 0) is 35.2 Å². The fourth-order valence-electron chi connectivity index (χ4n) is 4.43. The molecule has 0 bridgehead atoms. The van der Waals surface area contributed by atoms with E-state index in [0.717, 1.165) is 23.8 Å². The van der Waals surface area contributed by atoms with Crippen molar-refractivity contribution in [3.05, 3.63) is 102 Å². The van der Waals surface area contributed by atoms with Gasteiger partial charge in [0.2, 0.25) is 5.91 Å². The predicted octanol–water partition coefficient (Wildman–Crippen LogP) is 3.27. The zero-order chi connectivity index (χ0) is 27.8. The van der Waals surface area contributed by atoms with E-state index >= 15 is 0 Å². The van der Waals surface area contributed by atoms with E-state index in [2.05, 4.69) is 5.32 Å². The lowest BCUT2D eigenvalue weighted by Crippen LogP contribution is -2.55. The Bertz CT molecular complexity index is 1410. The minimum absolute atomic E-state index is 0.0360. The fraction of sp³-hybridized carbons (Fsp3) is 0.276. The van der Waals surface area contributed by atoms with Gasteiger partial charge in [0.25, 0.3) is 0 Å². The van der Waals surface area contributed by atoms with Crippen LogP contribution >= 0.6 is 0 Å². The molecule has 4 rings (SSSR count). The van der Waals surface area contributed by atoms with Crippen LogP contribution in [0.5, 0.6) is 0 Å². The highest BCUT2D eigenvalue weighted by molar-refractivity contribution is 7.91. The topological polar surface area (TPSA) is 119 Å². The van der Waals surface area contributed by atoms with Gasteiger partial charge in [0.05, 0.1) is 24.3 Å². The van der Waals surface area contributed by atoms with Gasteiger partial charge in [0, 0.05) is 6.42 Å². The normalized spacial score (nSPS) is 15.5. The number of hydrogen-bond acceptors (Lipinski definition) is 7. The molecule has 9 nitrogen and oxygen atoms in total. The number of sulfone groups is 1. The quantitative estimate of drug-likeness (QED) is 0.406. The highest BCUT2D eigenvalue weighted by Crippen LogP contribution is 2.25. The molecule has 0 saturated heterocycles. The van der Waals surface area contributed by atoms with Crippen molar-refractivity contribution in [1.29, 1.82) is 0 Å². The van der Waals surface area contributed by atoms with E-state index in [-0.39, 0.29) is 36.6 Å². The smallest absolute Gasteiger partial charge is 0.411 e. The Balaban J connectivity index is 1.50. The molecular weight excluding hydrogens is 520 g/mol. The molecule has 39 heavy (non-hydrogen) atoms. The number of amides is 2. The molecule has 204 valence electrons. The van der Waals surface area contributed by atoms with Crippen molar-refractivity contribution in [2.45, 2.75) is 43.0 Å². The first kappa shape index (κ1) is 27.8. The van der Waals surface area contributed by atoms with Crippen LogP contribution in [0.1, 0.15) is 23.1 Å². The van der Waals surface area contributed by atoms with E-state index < -0.39 is 39.9 Å². The first-order valence-corrected chi connectivity index (χ1v) is 14.1. The summed E-state index contributed by atoms with van der Waals surface area (Å²) in [5, 5.41) is 2.62. The van der Waals surface area contributed by atoms with E-state index in [0.29, 0.717) is 0 Å². The second-order valence-corrected chi connectivity index (χ2v) is 11.3. The summed E-state index contributed by atoms with van der Waals surface area (Å²) in [6, 6.07) is 22.3. The molecule has 0 radical (unpaired) electrons. The average molecular weight is 551 g/mol. The number of fused-ring (bicyclic) bond motifs is 1. The van der Waals surface area contributed by atoms with Gasteiger partial charge >= 0.3 is 12.1 Å². The van der Waals surface area contributed by atoms with Crippen molar-refractivity contribution in [3.63, 3.8) is 0 Å². The molecule has 1 N–H and O–H groups in total. The third-order valence-corrected chi connectivity index (χ3v) is 8.33. The van der Waals surface area contributed by atoms with Crippen LogP contribution in [0.2, 0.25) is 0 Å². The van der Waals surface area contributed by atoms with Crippen LogP contribution in [0.3, 0.4) is 0 Å². The van der Waals surface area contributed by atoms with Gasteiger partial charge in [0.15, 0.2) is 9.84 Å². The molecule has 1 aliphatic rings. The van der Waals surface area contributed by atoms with Gasteiger partial charge in [0.1, 0.15) is 18.7 Å². The lowest BCUT2D eigenvalue weighted by molar-refractivity contribution is -0.145. The van der Waals surface area contributed by atoms with Gasteiger partial charge in [-0.15, -0.1) is 0 Å². The van der Waals surface area contributed by atoms with Crippen LogP contribution in [-0.4, -0.2) is 56.2 Å². The van der Waals surface area contributed by atoms with Crippen molar-refractivity contribution in [3.8, 4) is 0 Å². The van der Waals surface area contributed by atoms with Gasteiger partial charge in [-0.3, -0.25) is 9.69 Å². The minimum Gasteiger partial charge on any atom is -0.467 e. The summed E-state index contributed by atoms with van der Waals surface area (Å²) < 4.78 is 35.9. The van der Waals surface area contributed by atoms with E-state index in [4.69, 9.17) is 9.47 Å². The summed E-state index contributed by atoms with van der Waals surface area (Å²) in [6.45, 7) is 0.182. The summed E-state index contributed by atoms with van der Waals surface area (Å²) in [7, 11) is -2.54. The highest BCUT2D eigenvalue weighted by atomic mass is 32.2. The number of nitrogens with one attached hydrogen (secondary N) is 1. The summed E-state index contributed by atoms with van der Waals surface area (Å²) in [4.78, 5) is 40.6. The molecule has 0 saturated carbocycles. The Kier molecular flexibility index (Phi) is 8.98. The summed E-state index contributed by atoms with van der Waals surface area (Å²) in [5.74, 6) is -1.76. The van der Waals surface area contributed by atoms with E-state index in [9.17, 15) is 22.8 Å². The van der Waals surface area contributed by atoms with Crippen LogP contribution < -0.4 is 5.32 Å². The Morgan fingerprint density at radius 3 is 2.21 bits per heavy atom. The largest absolute Gasteiger partial charge is 0.467 e. The number of methoxy groups -OCH3 is 1. The minimum atomic E-state index is -3.70. The molecule has 2 amide bonds. The second kappa shape index (κ2) is 12.6. The molecule has 0 aliphatic carbocycles.